The Morgan fingerprint density at radius 1 is 0.909 bits per heavy atom. The number of methoxy groups -OCH3 is 1. The number of ether oxygens (including phenoxy) is 1. The van der Waals surface area contributed by atoms with Crippen molar-refractivity contribution in [1.29, 1.82) is 0 Å². The summed E-state index contributed by atoms with van der Waals surface area (Å²) in [5.41, 5.74) is 1.82. The van der Waals surface area contributed by atoms with Gasteiger partial charge in [-0.3, -0.25) is 4.31 Å². The smallest absolute Gasteiger partial charge is 0.265 e. The van der Waals surface area contributed by atoms with Gasteiger partial charge in [-0.1, -0.05) is 18.2 Å². The fourth-order valence-electron chi connectivity index (χ4n) is 4.12. The van der Waals surface area contributed by atoms with Crippen molar-refractivity contribution in [3.8, 4) is 5.75 Å². The molecule has 1 aliphatic heterocycles. The zero-order valence-electron chi connectivity index (χ0n) is 19.1. The third-order valence-electron chi connectivity index (χ3n) is 5.90. The van der Waals surface area contributed by atoms with Crippen molar-refractivity contribution in [1.82, 2.24) is 4.98 Å². The topological polar surface area (TPSA) is 66.0 Å². The lowest BCUT2D eigenvalue weighted by molar-refractivity contribution is 0.415. The van der Waals surface area contributed by atoms with E-state index in [1.807, 2.05) is 43.3 Å². The third-order valence-corrected chi connectivity index (χ3v) is 7.78. The normalized spacial score (nSPS) is 14.6. The Morgan fingerprint density at radius 3 is 2.24 bits per heavy atom. The first-order chi connectivity index (χ1) is 16.0. The van der Waals surface area contributed by atoms with Crippen LogP contribution in [0.4, 0.5) is 17.2 Å². The van der Waals surface area contributed by atoms with E-state index in [0.717, 1.165) is 44.2 Å². The highest BCUT2D eigenvalue weighted by Crippen LogP contribution is 2.25. The van der Waals surface area contributed by atoms with E-state index in [9.17, 15) is 8.42 Å². The van der Waals surface area contributed by atoms with Gasteiger partial charge in [-0.25, -0.2) is 13.4 Å². The first-order valence-corrected chi connectivity index (χ1v) is 12.6. The monoisotopic (exact) mass is 466 g/mol. The number of anilines is 3. The Bertz CT molecular complexity index is 1140. The minimum absolute atomic E-state index is 0.201. The second-order valence-corrected chi connectivity index (χ2v) is 9.75. The number of pyridine rings is 1. The van der Waals surface area contributed by atoms with Crippen LogP contribution < -0.4 is 18.8 Å². The van der Waals surface area contributed by atoms with Crippen LogP contribution >= 0.6 is 0 Å². The van der Waals surface area contributed by atoms with Crippen LogP contribution in [0.3, 0.4) is 0 Å². The molecule has 33 heavy (non-hydrogen) atoms. The molecule has 0 aliphatic carbocycles. The predicted molar refractivity (Wildman–Crippen MR) is 133 cm³/mol. The largest absolute Gasteiger partial charge is 0.497 e. The van der Waals surface area contributed by atoms with E-state index in [1.165, 1.54) is 16.2 Å². The fourth-order valence-corrected chi connectivity index (χ4v) is 5.54. The van der Waals surface area contributed by atoms with Crippen molar-refractivity contribution in [3.63, 3.8) is 0 Å². The minimum atomic E-state index is -3.68. The molecule has 0 radical (unpaired) electrons. The molecule has 0 amide bonds. The molecule has 1 saturated heterocycles. The maximum Gasteiger partial charge on any atom is 0.265 e. The van der Waals surface area contributed by atoms with Crippen molar-refractivity contribution < 1.29 is 13.2 Å². The van der Waals surface area contributed by atoms with Gasteiger partial charge in [-0.15, -0.1) is 0 Å². The first-order valence-electron chi connectivity index (χ1n) is 11.2. The SMILES string of the molecule is CCN(c1ccccc1)S(=O)(=O)c1ccc(N2CCCN(c3ccc(OC)cc3)CC2)nc1. The molecule has 174 valence electrons. The van der Waals surface area contributed by atoms with Crippen molar-refractivity contribution >= 4 is 27.2 Å². The highest BCUT2D eigenvalue weighted by Gasteiger charge is 2.24. The average molecular weight is 467 g/mol. The van der Waals surface area contributed by atoms with E-state index in [0.29, 0.717) is 12.2 Å². The molecule has 4 rings (SSSR count). The number of nitrogens with zero attached hydrogens (tertiary/aromatic N) is 4. The van der Waals surface area contributed by atoms with Crippen molar-refractivity contribution in [2.24, 2.45) is 0 Å². The molecule has 7 nitrogen and oxygen atoms in total. The quantitative estimate of drug-likeness (QED) is 0.524. The number of benzene rings is 2. The zero-order valence-corrected chi connectivity index (χ0v) is 19.9. The number of aromatic nitrogens is 1. The molecule has 2 aromatic carbocycles. The van der Waals surface area contributed by atoms with Gasteiger partial charge in [0.1, 0.15) is 16.5 Å². The van der Waals surface area contributed by atoms with Gasteiger partial charge >= 0.3 is 0 Å². The van der Waals surface area contributed by atoms with Crippen LogP contribution in [0.2, 0.25) is 0 Å². The molecule has 0 bridgehead atoms. The van der Waals surface area contributed by atoms with Crippen LogP contribution in [-0.4, -0.2) is 53.2 Å². The summed E-state index contributed by atoms with van der Waals surface area (Å²) in [4.78, 5) is 9.30. The number of para-hydroxylation sites is 1. The van der Waals surface area contributed by atoms with Gasteiger partial charge in [0.2, 0.25) is 0 Å². The Labute approximate surface area is 196 Å². The highest BCUT2D eigenvalue weighted by molar-refractivity contribution is 7.92. The van der Waals surface area contributed by atoms with Gasteiger partial charge in [-0.2, -0.15) is 0 Å². The van der Waals surface area contributed by atoms with Crippen molar-refractivity contribution in [3.05, 3.63) is 72.9 Å². The van der Waals surface area contributed by atoms with Crippen LogP contribution in [0, 0.1) is 0 Å². The van der Waals surface area contributed by atoms with E-state index >= 15 is 0 Å². The van der Waals surface area contributed by atoms with Gasteiger partial charge in [0.25, 0.3) is 10.0 Å². The molecule has 0 saturated carbocycles. The van der Waals surface area contributed by atoms with Gasteiger partial charge in [0.05, 0.1) is 12.8 Å². The third kappa shape index (κ3) is 5.06. The molecule has 0 N–H and O–H groups in total. The van der Waals surface area contributed by atoms with Crippen molar-refractivity contribution in [2.45, 2.75) is 18.2 Å². The summed E-state index contributed by atoms with van der Waals surface area (Å²) in [5, 5.41) is 0. The highest BCUT2D eigenvalue weighted by atomic mass is 32.2. The summed E-state index contributed by atoms with van der Waals surface area (Å²) >= 11 is 0. The second kappa shape index (κ2) is 10.1. The molecule has 1 fully saturated rings. The van der Waals surface area contributed by atoms with E-state index in [1.54, 1.807) is 25.3 Å². The summed E-state index contributed by atoms with van der Waals surface area (Å²) in [5.74, 6) is 1.65. The van der Waals surface area contributed by atoms with Crippen LogP contribution in [-0.2, 0) is 10.0 Å². The first kappa shape index (κ1) is 22.9. The average Bonchev–Trinajstić information content (AvgIpc) is 3.12. The molecule has 2 heterocycles. The predicted octanol–water partition coefficient (Wildman–Crippen LogP) is 4.02. The van der Waals surface area contributed by atoms with E-state index in [4.69, 9.17) is 4.74 Å². The van der Waals surface area contributed by atoms with Gasteiger partial charge in [-0.05, 0) is 61.9 Å². The van der Waals surface area contributed by atoms with Crippen LogP contribution in [0.25, 0.3) is 0 Å². The van der Waals surface area contributed by atoms with Crippen LogP contribution in [0.5, 0.6) is 5.75 Å². The Hall–Kier alpha value is -3.26. The molecule has 0 spiro atoms. The maximum atomic E-state index is 13.2. The molecule has 8 heteroatoms. The lowest BCUT2D eigenvalue weighted by Crippen LogP contribution is -2.32. The summed E-state index contributed by atoms with van der Waals surface area (Å²) in [6.07, 6.45) is 2.47. The van der Waals surface area contributed by atoms with Gasteiger partial charge in [0.15, 0.2) is 0 Å². The fraction of sp³-hybridized carbons (Fsp3) is 0.320. The Balaban J connectivity index is 1.46. The van der Waals surface area contributed by atoms with Gasteiger partial charge in [0, 0.05) is 44.6 Å². The van der Waals surface area contributed by atoms with Gasteiger partial charge < -0.3 is 14.5 Å². The molecule has 1 aliphatic rings. The van der Waals surface area contributed by atoms with Crippen LogP contribution in [0.15, 0.2) is 77.8 Å². The molecule has 0 atom stereocenters. The molecule has 3 aromatic rings. The Morgan fingerprint density at radius 2 is 1.61 bits per heavy atom. The second-order valence-electron chi connectivity index (χ2n) is 7.88. The van der Waals surface area contributed by atoms with Crippen molar-refractivity contribution in [2.75, 3.05) is 53.9 Å². The molecule has 0 unspecified atom stereocenters. The summed E-state index contributed by atoms with van der Waals surface area (Å²) < 4.78 is 33.1. The number of hydrogen-bond acceptors (Lipinski definition) is 6. The zero-order chi connectivity index (χ0) is 23.3. The lowest BCUT2D eigenvalue weighted by atomic mass is 10.2. The summed E-state index contributed by atoms with van der Waals surface area (Å²) in [6.45, 7) is 5.69. The standard InChI is InChI=1S/C25H30N4O3S/c1-3-29(22-8-5-4-6-9-22)33(30,31)24-14-15-25(26-20-24)28-17-7-16-27(18-19-28)21-10-12-23(32-2)13-11-21/h4-6,8-15,20H,3,7,16-19H2,1-2H3. The maximum absolute atomic E-state index is 13.2. The Kier molecular flexibility index (Phi) is 7.03. The van der Waals surface area contributed by atoms with E-state index < -0.39 is 10.0 Å². The minimum Gasteiger partial charge on any atom is -0.497 e. The molecular formula is C25H30N4O3S. The van der Waals surface area contributed by atoms with E-state index in [-0.39, 0.29) is 4.90 Å². The molecular weight excluding hydrogens is 436 g/mol. The van der Waals surface area contributed by atoms with E-state index in [2.05, 4.69) is 26.9 Å². The number of sulfonamides is 1. The lowest BCUT2D eigenvalue weighted by Gasteiger charge is -2.25. The molecule has 1 aromatic heterocycles. The summed E-state index contributed by atoms with van der Waals surface area (Å²) in [6, 6.07) is 20.7. The number of hydrogen-bond donors (Lipinski definition) is 0. The number of rotatable bonds is 7. The van der Waals surface area contributed by atoms with Crippen LogP contribution in [0.1, 0.15) is 13.3 Å². The summed E-state index contributed by atoms with van der Waals surface area (Å²) in [7, 11) is -2.01.